The normalized spacial score (nSPS) is 10.7. The smallest absolute Gasteiger partial charge is 0.223 e. The molecule has 1 N–H and O–H groups in total. The fraction of sp³-hybridized carbons (Fsp3) is 0.714. The fourth-order valence-electron chi connectivity index (χ4n) is 2.07. The number of amides is 1. The Labute approximate surface area is 116 Å². The number of carbonyl (C=O) groups is 1. The number of aromatic nitrogens is 2. The Kier molecular flexibility index (Phi) is 7.18. The van der Waals surface area contributed by atoms with Crippen molar-refractivity contribution in [3.8, 4) is 0 Å². The molecule has 0 unspecified atom stereocenters. The second-order valence-electron chi connectivity index (χ2n) is 4.54. The fourth-order valence-corrected chi connectivity index (χ4v) is 2.07. The summed E-state index contributed by atoms with van der Waals surface area (Å²) < 4.78 is 2.01. The average Bonchev–Trinajstić information content (AvgIpc) is 2.84. The van der Waals surface area contributed by atoms with Gasteiger partial charge < -0.3 is 10.2 Å². The lowest BCUT2D eigenvalue weighted by atomic mass is 10.3. The van der Waals surface area contributed by atoms with Crippen LogP contribution in [0.4, 0.5) is 0 Å². The molecule has 0 spiro atoms. The van der Waals surface area contributed by atoms with Gasteiger partial charge in [-0.1, -0.05) is 6.92 Å². The lowest BCUT2D eigenvalue weighted by Crippen LogP contribution is -2.32. The molecule has 5 nitrogen and oxygen atoms in total. The number of hydrogen-bond acceptors (Lipinski definition) is 3. The highest BCUT2D eigenvalue weighted by Gasteiger charge is 2.08. The summed E-state index contributed by atoms with van der Waals surface area (Å²) >= 11 is 0. The maximum Gasteiger partial charge on any atom is 0.223 e. The molecule has 108 valence electrons. The van der Waals surface area contributed by atoms with Crippen LogP contribution >= 0.6 is 0 Å². The van der Waals surface area contributed by atoms with E-state index in [4.69, 9.17) is 0 Å². The van der Waals surface area contributed by atoms with E-state index in [0.717, 1.165) is 32.6 Å². The topological polar surface area (TPSA) is 50.2 Å². The Morgan fingerprint density at radius 2 is 2.11 bits per heavy atom. The maximum atomic E-state index is 11.8. The minimum atomic E-state index is 0.222. The Balaban J connectivity index is 2.27. The summed E-state index contributed by atoms with van der Waals surface area (Å²) in [5, 5.41) is 7.59. The average molecular weight is 266 g/mol. The zero-order valence-electron chi connectivity index (χ0n) is 12.4. The minimum absolute atomic E-state index is 0.222. The van der Waals surface area contributed by atoms with E-state index in [1.165, 1.54) is 5.69 Å². The molecule has 0 atom stereocenters. The van der Waals surface area contributed by atoms with Gasteiger partial charge in [0.2, 0.25) is 5.91 Å². The summed E-state index contributed by atoms with van der Waals surface area (Å²) in [7, 11) is 0. The molecule has 0 aliphatic rings. The monoisotopic (exact) mass is 266 g/mol. The van der Waals surface area contributed by atoms with E-state index < -0.39 is 0 Å². The Morgan fingerprint density at radius 3 is 2.74 bits per heavy atom. The Bertz CT molecular complexity index is 371. The minimum Gasteiger partial charge on any atom is -0.343 e. The first kappa shape index (κ1) is 15.7. The van der Waals surface area contributed by atoms with E-state index in [1.54, 1.807) is 0 Å². The molecule has 5 heteroatoms. The lowest BCUT2D eigenvalue weighted by molar-refractivity contribution is -0.130. The number of carbonyl (C=O) groups excluding carboxylic acids is 1. The van der Waals surface area contributed by atoms with Crippen molar-refractivity contribution in [3.63, 3.8) is 0 Å². The van der Waals surface area contributed by atoms with Gasteiger partial charge in [-0.2, -0.15) is 5.10 Å². The van der Waals surface area contributed by atoms with Crippen LogP contribution in [0.3, 0.4) is 0 Å². The zero-order valence-corrected chi connectivity index (χ0v) is 12.4. The van der Waals surface area contributed by atoms with Crippen molar-refractivity contribution in [3.05, 3.63) is 18.0 Å². The van der Waals surface area contributed by atoms with Gasteiger partial charge in [0.1, 0.15) is 0 Å². The summed E-state index contributed by atoms with van der Waals surface area (Å²) in [6.07, 6.45) is 3.46. The van der Waals surface area contributed by atoms with Crippen LogP contribution in [0.2, 0.25) is 0 Å². The molecule has 1 amide bonds. The third-order valence-electron chi connectivity index (χ3n) is 3.18. The molecule has 1 aromatic heterocycles. The molecule has 0 saturated carbocycles. The van der Waals surface area contributed by atoms with Crippen molar-refractivity contribution in [2.75, 3.05) is 19.6 Å². The van der Waals surface area contributed by atoms with Gasteiger partial charge in [0.25, 0.3) is 0 Å². The predicted octanol–water partition coefficient (Wildman–Crippen LogP) is 1.64. The first-order valence-electron chi connectivity index (χ1n) is 7.22. The van der Waals surface area contributed by atoms with Crippen molar-refractivity contribution in [2.45, 2.75) is 46.7 Å². The first-order chi connectivity index (χ1) is 9.22. The molecule has 0 aliphatic carbocycles. The van der Waals surface area contributed by atoms with Gasteiger partial charge in [-0.05, 0) is 26.3 Å². The van der Waals surface area contributed by atoms with Crippen molar-refractivity contribution < 1.29 is 4.79 Å². The van der Waals surface area contributed by atoms with Crippen LogP contribution < -0.4 is 5.32 Å². The quantitative estimate of drug-likeness (QED) is 0.691. The number of aryl methyl sites for hydroxylation is 1. The van der Waals surface area contributed by atoms with Crippen molar-refractivity contribution >= 4 is 5.91 Å². The predicted molar refractivity (Wildman–Crippen MR) is 76.8 cm³/mol. The molecular formula is C14H26N4O. The number of hydrogen-bond donors (Lipinski definition) is 1. The highest BCUT2D eigenvalue weighted by atomic mass is 16.2. The summed E-state index contributed by atoms with van der Waals surface area (Å²) in [4.78, 5) is 13.7. The molecule has 0 aromatic carbocycles. The Morgan fingerprint density at radius 1 is 1.37 bits per heavy atom. The van der Waals surface area contributed by atoms with E-state index in [9.17, 15) is 4.79 Å². The van der Waals surface area contributed by atoms with Crippen LogP contribution in [0.1, 0.15) is 39.3 Å². The number of nitrogens with one attached hydrogen (secondary N) is 1. The van der Waals surface area contributed by atoms with E-state index in [0.29, 0.717) is 13.0 Å². The highest BCUT2D eigenvalue weighted by Crippen LogP contribution is 2.00. The van der Waals surface area contributed by atoms with Gasteiger partial charge in [0.05, 0.1) is 5.69 Å². The SMILES string of the molecule is CCCn1nccc1CNCCC(=O)N(CC)CC. The van der Waals surface area contributed by atoms with Gasteiger partial charge in [-0.3, -0.25) is 9.48 Å². The third-order valence-corrected chi connectivity index (χ3v) is 3.18. The van der Waals surface area contributed by atoms with Crippen LogP contribution in [0.5, 0.6) is 0 Å². The summed E-state index contributed by atoms with van der Waals surface area (Å²) in [5.74, 6) is 0.222. The van der Waals surface area contributed by atoms with Gasteiger partial charge in [0, 0.05) is 45.3 Å². The van der Waals surface area contributed by atoms with Gasteiger partial charge in [0.15, 0.2) is 0 Å². The van der Waals surface area contributed by atoms with Crippen molar-refractivity contribution in [2.24, 2.45) is 0 Å². The van der Waals surface area contributed by atoms with Crippen LogP contribution in [-0.4, -0.2) is 40.2 Å². The molecule has 1 aromatic rings. The zero-order chi connectivity index (χ0) is 14.1. The van der Waals surface area contributed by atoms with E-state index in [-0.39, 0.29) is 5.91 Å². The Hall–Kier alpha value is -1.36. The second kappa shape index (κ2) is 8.69. The van der Waals surface area contributed by atoms with E-state index in [1.807, 2.05) is 35.7 Å². The summed E-state index contributed by atoms with van der Waals surface area (Å²) in [5.41, 5.74) is 1.18. The molecule has 0 aliphatic heterocycles. The van der Waals surface area contributed by atoms with E-state index in [2.05, 4.69) is 17.3 Å². The van der Waals surface area contributed by atoms with Crippen LogP contribution in [0, 0.1) is 0 Å². The largest absolute Gasteiger partial charge is 0.343 e. The molecule has 0 fully saturated rings. The van der Waals surface area contributed by atoms with Gasteiger partial charge in [-0.25, -0.2) is 0 Å². The molecule has 0 saturated heterocycles. The van der Waals surface area contributed by atoms with Crippen molar-refractivity contribution in [1.82, 2.24) is 20.0 Å². The number of nitrogens with zero attached hydrogens (tertiary/aromatic N) is 3. The highest BCUT2D eigenvalue weighted by molar-refractivity contribution is 5.76. The van der Waals surface area contributed by atoms with Gasteiger partial charge in [-0.15, -0.1) is 0 Å². The number of rotatable bonds is 9. The second-order valence-corrected chi connectivity index (χ2v) is 4.54. The lowest BCUT2D eigenvalue weighted by Gasteiger charge is -2.18. The molecular weight excluding hydrogens is 240 g/mol. The van der Waals surface area contributed by atoms with Gasteiger partial charge >= 0.3 is 0 Å². The molecule has 0 radical (unpaired) electrons. The summed E-state index contributed by atoms with van der Waals surface area (Å²) in [6, 6.07) is 2.02. The van der Waals surface area contributed by atoms with Crippen LogP contribution in [0.25, 0.3) is 0 Å². The first-order valence-corrected chi connectivity index (χ1v) is 7.22. The van der Waals surface area contributed by atoms with Crippen LogP contribution in [-0.2, 0) is 17.9 Å². The summed E-state index contributed by atoms with van der Waals surface area (Å²) in [6.45, 7) is 10.2. The molecule has 0 bridgehead atoms. The maximum absolute atomic E-state index is 11.8. The van der Waals surface area contributed by atoms with Crippen molar-refractivity contribution in [1.29, 1.82) is 0 Å². The standard InChI is InChI=1S/C14H26N4O/c1-4-11-18-13(7-10-16-18)12-15-9-8-14(19)17(5-2)6-3/h7,10,15H,4-6,8-9,11-12H2,1-3H3. The molecule has 19 heavy (non-hydrogen) atoms. The third kappa shape index (κ3) is 5.03. The molecule has 1 rings (SSSR count). The van der Waals surface area contributed by atoms with E-state index >= 15 is 0 Å². The molecule has 1 heterocycles. The van der Waals surface area contributed by atoms with Crippen LogP contribution in [0.15, 0.2) is 12.3 Å².